The second kappa shape index (κ2) is 5.99. The van der Waals surface area contributed by atoms with E-state index < -0.39 is 0 Å². The number of alkyl halides is 1. The molecular formula is C17H25BrN2O. The highest BCUT2D eigenvalue weighted by Gasteiger charge is 2.25. The number of carbonyl (C=O) groups excluding carboxylic acids is 1. The van der Waals surface area contributed by atoms with Crippen LogP contribution in [-0.4, -0.2) is 18.0 Å². The number of hydrogen-bond donors (Lipinski definition) is 1. The molecule has 0 spiro atoms. The first-order valence-corrected chi connectivity index (χ1v) is 8.39. The zero-order valence-corrected chi connectivity index (χ0v) is 15.1. The summed E-state index contributed by atoms with van der Waals surface area (Å²) in [6.07, 6.45) is 1.10. The Bertz CT molecular complexity index is 536. The smallest absolute Gasteiger partial charge is 0.321 e. The summed E-state index contributed by atoms with van der Waals surface area (Å²) in [6, 6.07) is 6.30. The summed E-state index contributed by atoms with van der Waals surface area (Å²) in [6.45, 7) is 9.84. The molecule has 0 bridgehead atoms. The van der Waals surface area contributed by atoms with Gasteiger partial charge in [-0.3, -0.25) is 0 Å². The Kier molecular flexibility index (Phi) is 4.66. The number of urea groups is 1. The van der Waals surface area contributed by atoms with Gasteiger partial charge in [0.1, 0.15) is 0 Å². The van der Waals surface area contributed by atoms with E-state index >= 15 is 0 Å². The highest BCUT2D eigenvalue weighted by atomic mass is 79.9. The Morgan fingerprint density at radius 3 is 2.67 bits per heavy atom. The number of carbonyl (C=O) groups is 1. The standard InChI is InChI=1S/C17H25BrN2O/c1-11(17(2,3)4)8-14(18)12-6-7-15-13(9-12)10-20(5)16(21)19-15/h6-7,9,11,14H,8,10H2,1-5H3,(H,19,21). The fourth-order valence-electron chi connectivity index (χ4n) is 2.40. The fraction of sp³-hybridized carbons (Fsp3) is 0.588. The summed E-state index contributed by atoms with van der Waals surface area (Å²) in [7, 11) is 1.82. The summed E-state index contributed by atoms with van der Waals surface area (Å²) in [5.41, 5.74) is 3.72. The first-order valence-electron chi connectivity index (χ1n) is 7.47. The van der Waals surface area contributed by atoms with E-state index in [0.717, 1.165) is 12.1 Å². The second-order valence-corrected chi connectivity index (χ2v) is 8.28. The lowest BCUT2D eigenvalue weighted by Crippen LogP contribution is -2.35. The number of anilines is 1. The number of rotatable bonds is 3. The SMILES string of the molecule is CC(CC(Br)c1ccc2c(c1)CN(C)C(=O)N2)C(C)(C)C. The molecule has 1 N–H and O–H groups in total. The number of nitrogens with one attached hydrogen (secondary N) is 1. The minimum absolute atomic E-state index is 0.0352. The average molecular weight is 353 g/mol. The van der Waals surface area contributed by atoms with Crippen LogP contribution in [0.4, 0.5) is 10.5 Å². The van der Waals surface area contributed by atoms with Crippen molar-refractivity contribution in [2.24, 2.45) is 11.3 Å². The van der Waals surface area contributed by atoms with Gasteiger partial charge in [-0.05, 0) is 34.9 Å². The molecule has 0 aromatic heterocycles. The first kappa shape index (κ1) is 16.3. The summed E-state index contributed by atoms with van der Waals surface area (Å²) < 4.78 is 0. The Morgan fingerprint density at radius 1 is 1.38 bits per heavy atom. The molecule has 1 heterocycles. The number of hydrogen-bond acceptors (Lipinski definition) is 1. The summed E-state index contributed by atoms with van der Waals surface area (Å²) >= 11 is 3.83. The molecule has 2 amide bonds. The third kappa shape index (κ3) is 3.79. The molecule has 0 saturated heterocycles. The van der Waals surface area contributed by atoms with E-state index in [1.54, 1.807) is 4.90 Å². The molecule has 0 radical (unpaired) electrons. The third-order valence-electron chi connectivity index (χ3n) is 4.53. The van der Waals surface area contributed by atoms with Crippen LogP contribution in [0.5, 0.6) is 0 Å². The Balaban J connectivity index is 2.15. The van der Waals surface area contributed by atoms with Gasteiger partial charge in [0.2, 0.25) is 0 Å². The number of fused-ring (bicyclic) bond motifs is 1. The van der Waals surface area contributed by atoms with Gasteiger partial charge in [0, 0.05) is 24.1 Å². The third-order valence-corrected chi connectivity index (χ3v) is 5.43. The van der Waals surface area contributed by atoms with Crippen molar-refractivity contribution in [2.45, 2.75) is 45.5 Å². The fourth-order valence-corrected chi connectivity index (χ4v) is 3.24. The van der Waals surface area contributed by atoms with Gasteiger partial charge in [-0.2, -0.15) is 0 Å². The molecular weight excluding hydrogens is 328 g/mol. The molecule has 0 saturated carbocycles. The van der Waals surface area contributed by atoms with Crippen molar-refractivity contribution in [1.82, 2.24) is 4.90 Å². The van der Waals surface area contributed by atoms with E-state index in [1.807, 2.05) is 13.1 Å². The van der Waals surface area contributed by atoms with Gasteiger partial charge in [0.05, 0.1) is 0 Å². The summed E-state index contributed by atoms with van der Waals surface area (Å²) in [5, 5.41) is 2.91. The van der Waals surface area contributed by atoms with Crippen molar-refractivity contribution < 1.29 is 4.79 Å². The molecule has 3 nitrogen and oxygen atoms in total. The van der Waals surface area contributed by atoms with Crippen molar-refractivity contribution in [3.05, 3.63) is 29.3 Å². The topological polar surface area (TPSA) is 32.3 Å². The molecule has 2 unspecified atom stereocenters. The van der Waals surface area contributed by atoms with Gasteiger partial charge in [-0.25, -0.2) is 4.79 Å². The highest BCUT2D eigenvalue weighted by molar-refractivity contribution is 9.09. The maximum Gasteiger partial charge on any atom is 0.321 e. The lowest BCUT2D eigenvalue weighted by molar-refractivity contribution is 0.218. The molecule has 21 heavy (non-hydrogen) atoms. The number of halogens is 1. The first-order chi connectivity index (χ1) is 9.68. The van der Waals surface area contributed by atoms with E-state index in [2.05, 4.69) is 61.1 Å². The van der Waals surface area contributed by atoms with Crippen molar-refractivity contribution >= 4 is 27.6 Å². The van der Waals surface area contributed by atoms with E-state index in [0.29, 0.717) is 22.7 Å². The number of nitrogens with zero attached hydrogens (tertiary/aromatic N) is 1. The van der Waals surface area contributed by atoms with Crippen LogP contribution in [0.25, 0.3) is 0 Å². The molecule has 2 rings (SSSR count). The minimum atomic E-state index is -0.0352. The maximum atomic E-state index is 11.6. The van der Waals surface area contributed by atoms with Crippen molar-refractivity contribution in [3.8, 4) is 0 Å². The Labute approximate surface area is 136 Å². The van der Waals surface area contributed by atoms with Crippen molar-refractivity contribution in [1.29, 1.82) is 0 Å². The predicted molar refractivity (Wildman–Crippen MR) is 91.8 cm³/mol. The van der Waals surface area contributed by atoms with Crippen LogP contribution >= 0.6 is 15.9 Å². The van der Waals surface area contributed by atoms with Crippen LogP contribution in [-0.2, 0) is 6.54 Å². The highest BCUT2D eigenvalue weighted by Crippen LogP contribution is 2.38. The van der Waals surface area contributed by atoms with Crippen molar-refractivity contribution in [3.63, 3.8) is 0 Å². The molecule has 1 aliphatic heterocycles. The lowest BCUT2D eigenvalue weighted by Gasteiger charge is -2.30. The molecule has 4 heteroatoms. The molecule has 0 aliphatic carbocycles. The lowest BCUT2D eigenvalue weighted by atomic mass is 9.79. The monoisotopic (exact) mass is 352 g/mol. The van der Waals surface area contributed by atoms with E-state index in [4.69, 9.17) is 0 Å². The summed E-state index contributed by atoms with van der Waals surface area (Å²) in [5.74, 6) is 0.625. The molecule has 1 aliphatic rings. The van der Waals surface area contributed by atoms with Gasteiger partial charge in [-0.1, -0.05) is 55.8 Å². The van der Waals surface area contributed by atoms with Crippen LogP contribution in [0.2, 0.25) is 0 Å². The Hall–Kier alpha value is -1.03. The van der Waals surface area contributed by atoms with Gasteiger partial charge >= 0.3 is 6.03 Å². The molecule has 0 fully saturated rings. The molecule has 2 atom stereocenters. The molecule has 1 aromatic rings. The van der Waals surface area contributed by atoms with Crippen LogP contribution in [0.3, 0.4) is 0 Å². The van der Waals surface area contributed by atoms with Gasteiger partial charge in [0.15, 0.2) is 0 Å². The zero-order chi connectivity index (χ0) is 15.8. The maximum absolute atomic E-state index is 11.6. The van der Waals surface area contributed by atoms with Crippen LogP contribution in [0.15, 0.2) is 18.2 Å². The van der Waals surface area contributed by atoms with E-state index in [1.165, 1.54) is 11.1 Å². The van der Waals surface area contributed by atoms with Crippen LogP contribution in [0.1, 0.15) is 50.1 Å². The average Bonchev–Trinajstić information content (AvgIpc) is 2.38. The van der Waals surface area contributed by atoms with Gasteiger partial charge in [-0.15, -0.1) is 0 Å². The quantitative estimate of drug-likeness (QED) is 0.747. The minimum Gasteiger partial charge on any atom is -0.323 e. The van der Waals surface area contributed by atoms with Crippen LogP contribution in [0, 0.1) is 11.3 Å². The largest absolute Gasteiger partial charge is 0.323 e. The zero-order valence-electron chi connectivity index (χ0n) is 13.5. The van der Waals surface area contributed by atoms with Gasteiger partial charge in [0.25, 0.3) is 0 Å². The summed E-state index contributed by atoms with van der Waals surface area (Å²) in [4.78, 5) is 13.7. The molecule has 116 valence electrons. The number of benzene rings is 1. The molecule has 1 aromatic carbocycles. The Morgan fingerprint density at radius 2 is 2.05 bits per heavy atom. The number of amides is 2. The second-order valence-electron chi connectivity index (χ2n) is 7.17. The normalized spacial score (nSPS) is 18.0. The van der Waals surface area contributed by atoms with Crippen LogP contribution < -0.4 is 5.32 Å². The van der Waals surface area contributed by atoms with Gasteiger partial charge < -0.3 is 10.2 Å². The van der Waals surface area contributed by atoms with E-state index in [-0.39, 0.29) is 6.03 Å². The predicted octanol–water partition coefficient (Wildman–Crippen LogP) is 5.17. The van der Waals surface area contributed by atoms with E-state index in [9.17, 15) is 4.79 Å². The van der Waals surface area contributed by atoms with Crippen molar-refractivity contribution in [2.75, 3.05) is 12.4 Å².